The summed E-state index contributed by atoms with van der Waals surface area (Å²) in [5.41, 5.74) is 1.79. The number of hydrogen-bond donors (Lipinski definition) is 1. The van der Waals surface area contributed by atoms with Gasteiger partial charge in [-0.15, -0.1) is 0 Å². The first-order chi connectivity index (χ1) is 17.6. The van der Waals surface area contributed by atoms with E-state index in [-0.39, 0.29) is 30.4 Å². The number of piperidine rings is 1. The molecule has 36 heavy (non-hydrogen) atoms. The first-order valence-corrected chi connectivity index (χ1v) is 12.8. The molecule has 2 amide bonds. The fourth-order valence-electron chi connectivity index (χ4n) is 5.36. The molecule has 0 saturated carbocycles. The van der Waals surface area contributed by atoms with E-state index in [0.717, 1.165) is 43.0 Å². The van der Waals surface area contributed by atoms with Gasteiger partial charge in [-0.3, -0.25) is 14.6 Å². The first-order valence-electron chi connectivity index (χ1n) is 12.8. The molecule has 1 N–H and O–H groups in total. The quantitative estimate of drug-likeness (QED) is 0.587. The van der Waals surface area contributed by atoms with E-state index in [1.807, 2.05) is 58.3 Å². The van der Waals surface area contributed by atoms with Crippen LogP contribution in [0.3, 0.4) is 0 Å². The van der Waals surface area contributed by atoms with Crippen LogP contribution >= 0.6 is 0 Å². The van der Waals surface area contributed by atoms with Crippen molar-refractivity contribution in [3.63, 3.8) is 0 Å². The van der Waals surface area contributed by atoms with Crippen LogP contribution in [0.5, 0.6) is 5.75 Å². The molecule has 0 radical (unpaired) electrons. The highest BCUT2D eigenvalue weighted by atomic mass is 16.5. The van der Waals surface area contributed by atoms with Gasteiger partial charge in [-0.25, -0.2) is 0 Å². The van der Waals surface area contributed by atoms with Crippen LogP contribution < -0.4 is 4.74 Å². The third kappa shape index (κ3) is 5.07. The zero-order valence-electron chi connectivity index (χ0n) is 20.6. The van der Waals surface area contributed by atoms with Gasteiger partial charge in [0.25, 0.3) is 11.8 Å². The van der Waals surface area contributed by atoms with Gasteiger partial charge in [0, 0.05) is 37.8 Å². The fourth-order valence-corrected chi connectivity index (χ4v) is 5.36. The van der Waals surface area contributed by atoms with Crippen LogP contribution in [-0.2, 0) is 0 Å². The summed E-state index contributed by atoms with van der Waals surface area (Å²) in [6, 6.07) is 17.0. The van der Waals surface area contributed by atoms with Gasteiger partial charge in [-0.05, 0) is 55.4 Å². The number of pyridine rings is 1. The van der Waals surface area contributed by atoms with E-state index in [2.05, 4.69) is 4.98 Å². The Hall–Kier alpha value is -3.45. The Labute approximate surface area is 211 Å². The maximum atomic E-state index is 13.5. The molecule has 188 valence electrons. The Morgan fingerprint density at radius 1 is 0.972 bits per heavy atom. The summed E-state index contributed by atoms with van der Waals surface area (Å²) < 4.78 is 6.07. The number of para-hydroxylation sites is 2. The molecule has 6 rings (SSSR count). The van der Waals surface area contributed by atoms with Crippen LogP contribution in [0.15, 0.2) is 60.8 Å². The number of aromatic nitrogens is 1. The lowest BCUT2D eigenvalue weighted by Gasteiger charge is -2.41. The number of rotatable bonds is 2. The Kier molecular flexibility index (Phi) is 7.18. The van der Waals surface area contributed by atoms with Gasteiger partial charge in [0.15, 0.2) is 0 Å². The van der Waals surface area contributed by atoms with Gasteiger partial charge < -0.3 is 19.6 Å². The Morgan fingerprint density at radius 3 is 2.58 bits per heavy atom. The largest absolute Gasteiger partial charge is 0.491 e. The fraction of sp³-hybridized carbons (Fsp3) is 0.414. The number of carbonyl (C=O) groups excluding carboxylic acids is 2. The average Bonchev–Trinajstić information content (AvgIpc) is 2.94. The Morgan fingerprint density at radius 2 is 1.75 bits per heavy atom. The molecule has 3 aliphatic rings. The molecule has 2 bridgehead atoms. The van der Waals surface area contributed by atoms with Gasteiger partial charge in [0.2, 0.25) is 0 Å². The zero-order chi connectivity index (χ0) is 25.0. The third-order valence-corrected chi connectivity index (χ3v) is 7.69. The lowest BCUT2D eigenvalue weighted by molar-refractivity contribution is 0.0297. The van der Waals surface area contributed by atoms with Crippen LogP contribution in [0.1, 0.15) is 52.8 Å². The average molecular weight is 488 g/mol. The summed E-state index contributed by atoms with van der Waals surface area (Å²) in [7, 11) is 0. The molecule has 1 fully saturated rings. The zero-order valence-corrected chi connectivity index (χ0v) is 20.6. The van der Waals surface area contributed by atoms with Crippen molar-refractivity contribution in [2.75, 3.05) is 39.4 Å². The molecule has 1 saturated heterocycles. The maximum Gasteiger partial charge on any atom is 0.257 e. The number of benzene rings is 2. The maximum absolute atomic E-state index is 13.5. The van der Waals surface area contributed by atoms with Crippen molar-refractivity contribution in [3.05, 3.63) is 71.9 Å². The SMILES string of the molecule is O=C(c1cnc2ccccc2c1)N1CCCCC2(CO)CCN(CC2)C(=O)c2ccccc2OCC1. The minimum Gasteiger partial charge on any atom is -0.491 e. The summed E-state index contributed by atoms with van der Waals surface area (Å²) >= 11 is 0. The molecule has 0 spiro atoms. The van der Waals surface area contributed by atoms with Crippen molar-refractivity contribution in [1.82, 2.24) is 14.8 Å². The van der Waals surface area contributed by atoms with Gasteiger partial charge in [-0.1, -0.05) is 36.8 Å². The van der Waals surface area contributed by atoms with Crippen molar-refractivity contribution < 1.29 is 19.4 Å². The summed E-state index contributed by atoms with van der Waals surface area (Å²) in [6.07, 6.45) is 5.84. The molecule has 3 aromatic rings. The van der Waals surface area contributed by atoms with Gasteiger partial charge in [0.05, 0.1) is 23.2 Å². The van der Waals surface area contributed by atoms with Crippen molar-refractivity contribution in [2.24, 2.45) is 5.41 Å². The van der Waals surface area contributed by atoms with Gasteiger partial charge >= 0.3 is 0 Å². The minimum atomic E-state index is -0.163. The first kappa shape index (κ1) is 24.3. The molecule has 0 unspecified atom stereocenters. The standard InChI is InChI=1S/C29H33N3O4/c33-21-29-11-5-6-14-31(27(34)23-19-22-7-1-3-9-25(22)30-20-23)17-18-36-26-10-4-2-8-24(26)28(35)32(15-12-29)16-13-29/h1-4,7-10,19-20,33H,5-6,11-18,21H2. The van der Waals surface area contributed by atoms with Crippen LogP contribution in [0, 0.1) is 5.41 Å². The number of aliphatic hydroxyl groups excluding tert-OH is 1. The predicted octanol–water partition coefficient (Wildman–Crippen LogP) is 4.15. The van der Waals surface area contributed by atoms with E-state index >= 15 is 0 Å². The second kappa shape index (κ2) is 10.7. The van der Waals surface area contributed by atoms with Crippen molar-refractivity contribution >= 4 is 22.7 Å². The summed E-state index contributed by atoms with van der Waals surface area (Å²) in [6.45, 7) is 2.69. The highest BCUT2D eigenvalue weighted by Gasteiger charge is 2.36. The molecule has 3 aliphatic heterocycles. The highest BCUT2D eigenvalue weighted by molar-refractivity contribution is 5.98. The van der Waals surface area contributed by atoms with Crippen molar-refractivity contribution in [3.8, 4) is 5.75 Å². The lowest BCUT2D eigenvalue weighted by atomic mass is 9.75. The van der Waals surface area contributed by atoms with Crippen LogP contribution in [-0.4, -0.2) is 71.1 Å². The van der Waals surface area contributed by atoms with Gasteiger partial charge in [-0.2, -0.15) is 0 Å². The number of nitrogens with zero attached hydrogens (tertiary/aromatic N) is 3. The highest BCUT2D eigenvalue weighted by Crippen LogP contribution is 2.37. The van der Waals surface area contributed by atoms with Crippen LogP contribution in [0.2, 0.25) is 0 Å². The molecule has 7 heteroatoms. The predicted molar refractivity (Wildman–Crippen MR) is 138 cm³/mol. The molecule has 4 heterocycles. The molecule has 0 aliphatic carbocycles. The molecule has 0 atom stereocenters. The van der Waals surface area contributed by atoms with Crippen LogP contribution in [0.4, 0.5) is 0 Å². The van der Waals surface area contributed by atoms with Crippen LogP contribution in [0.25, 0.3) is 10.9 Å². The monoisotopic (exact) mass is 487 g/mol. The Bertz CT molecular complexity index is 1240. The summed E-state index contributed by atoms with van der Waals surface area (Å²) in [4.78, 5) is 35.0. The second-order valence-electron chi connectivity index (χ2n) is 9.96. The van der Waals surface area contributed by atoms with E-state index in [9.17, 15) is 14.7 Å². The second-order valence-corrected chi connectivity index (χ2v) is 9.96. The third-order valence-electron chi connectivity index (χ3n) is 7.69. The van der Waals surface area contributed by atoms with E-state index in [0.29, 0.717) is 43.1 Å². The summed E-state index contributed by atoms with van der Waals surface area (Å²) in [5.74, 6) is 0.424. The van der Waals surface area contributed by atoms with E-state index < -0.39 is 0 Å². The van der Waals surface area contributed by atoms with Crippen molar-refractivity contribution in [1.29, 1.82) is 0 Å². The Balaban J connectivity index is 1.39. The van der Waals surface area contributed by atoms with E-state index in [1.165, 1.54) is 0 Å². The van der Waals surface area contributed by atoms with E-state index in [4.69, 9.17) is 4.74 Å². The normalized spacial score (nSPS) is 18.8. The summed E-state index contributed by atoms with van der Waals surface area (Å²) in [5, 5.41) is 11.2. The number of hydrogen-bond acceptors (Lipinski definition) is 5. The molecular weight excluding hydrogens is 454 g/mol. The van der Waals surface area contributed by atoms with Crippen molar-refractivity contribution in [2.45, 2.75) is 32.1 Å². The number of amides is 2. The minimum absolute atomic E-state index is 0.0396. The van der Waals surface area contributed by atoms with Gasteiger partial charge in [0.1, 0.15) is 12.4 Å². The molecule has 7 nitrogen and oxygen atoms in total. The molecule has 2 aromatic carbocycles. The number of fused-ring (bicyclic) bond motifs is 10. The molecular formula is C29H33N3O4. The molecule has 1 aromatic heterocycles. The number of aliphatic hydroxyl groups is 1. The smallest absolute Gasteiger partial charge is 0.257 e. The topological polar surface area (TPSA) is 83.0 Å². The lowest BCUT2D eigenvalue weighted by Crippen LogP contribution is -2.44. The number of ether oxygens (including phenoxy) is 1. The van der Waals surface area contributed by atoms with E-state index in [1.54, 1.807) is 12.3 Å². The number of carbonyl (C=O) groups is 2.